The van der Waals surface area contributed by atoms with Crippen LogP contribution in [-0.4, -0.2) is 31.1 Å². The van der Waals surface area contributed by atoms with Crippen molar-refractivity contribution >= 4 is 19.4 Å². The molecule has 0 aromatic heterocycles. The molecular formula is C29H38O5. The first kappa shape index (κ1) is 32.4. The minimum Gasteiger partial charge on any atom is -0.507 e. The summed E-state index contributed by atoms with van der Waals surface area (Å²) < 4.78 is 5.41. The molecule has 0 atom stereocenters. The maximum Gasteiger partial charge on any atom is 0.196 e. The Morgan fingerprint density at radius 1 is 0.794 bits per heavy atom. The fraction of sp³-hybridized carbons (Fsp3) is 0.276. The lowest BCUT2D eigenvalue weighted by molar-refractivity contribution is -0.0987. The number of carbonyl (C=O) groups excluding carboxylic acids is 3. The van der Waals surface area contributed by atoms with Crippen molar-refractivity contribution in [2.75, 3.05) is 6.61 Å². The average molecular weight is 467 g/mol. The molecule has 0 fully saturated rings. The van der Waals surface area contributed by atoms with E-state index in [2.05, 4.69) is 52.0 Å². The SMILES string of the molecule is C=O.C=O.CCC.CCCOc1ccc(C(=O)c2ccccc2)c(O)c1.Cc1ccc(C)cc1. The maximum absolute atomic E-state index is 12.2. The summed E-state index contributed by atoms with van der Waals surface area (Å²) in [6.07, 6.45) is 2.14. The zero-order chi connectivity index (χ0) is 26.4. The molecule has 184 valence electrons. The fourth-order valence-corrected chi connectivity index (χ4v) is 2.40. The van der Waals surface area contributed by atoms with Gasteiger partial charge in [-0.15, -0.1) is 0 Å². The Morgan fingerprint density at radius 3 is 1.68 bits per heavy atom. The summed E-state index contributed by atoms with van der Waals surface area (Å²) in [6.45, 7) is 15.0. The van der Waals surface area contributed by atoms with E-state index < -0.39 is 0 Å². The number of carbonyl (C=O) groups is 3. The van der Waals surface area contributed by atoms with E-state index in [4.69, 9.17) is 14.3 Å². The number of hydrogen-bond donors (Lipinski definition) is 1. The number of phenols is 1. The van der Waals surface area contributed by atoms with Gasteiger partial charge in [0.15, 0.2) is 5.78 Å². The fourth-order valence-electron chi connectivity index (χ4n) is 2.40. The van der Waals surface area contributed by atoms with Crippen LogP contribution in [0.1, 0.15) is 60.7 Å². The number of hydrogen-bond acceptors (Lipinski definition) is 5. The van der Waals surface area contributed by atoms with Crippen LogP contribution in [0.5, 0.6) is 11.5 Å². The second-order valence-corrected chi connectivity index (χ2v) is 7.08. The van der Waals surface area contributed by atoms with Gasteiger partial charge < -0.3 is 19.4 Å². The number of aryl methyl sites for hydroxylation is 2. The largest absolute Gasteiger partial charge is 0.507 e. The third-order valence-corrected chi connectivity index (χ3v) is 3.94. The topological polar surface area (TPSA) is 80.7 Å². The Bertz CT molecular complexity index is 883. The average Bonchev–Trinajstić information content (AvgIpc) is 2.88. The minimum absolute atomic E-state index is 0.0533. The van der Waals surface area contributed by atoms with Gasteiger partial charge in [-0.3, -0.25) is 4.79 Å². The van der Waals surface area contributed by atoms with E-state index in [0.29, 0.717) is 17.9 Å². The molecule has 3 rings (SSSR count). The molecule has 0 saturated carbocycles. The lowest BCUT2D eigenvalue weighted by Crippen LogP contribution is -2.02. The quantitative estimate of drug-likeness (QED) is 0.420. The number of ether oxygens (including phenoxy) is 1. The number of rotatable bonds is 5. The first-order valence-electron chi connectivity index (χ1n) is 11.1. The van der Waals surface area contributed by atoms with Crippen molar-refractivity contribution in [1.82, 2.24) is 0 Å². The highest BCUT2D eigenvalue weighted by Gasteiger charge is 2.13. The zero-order valence-corrected chi connectivity index (χ0v) is 21.0. The van der Waals surface area contributed by atoms with Gasteiger partial charge in [0.1, 0.15) is 25.1 Å². The van der Waals surface area contributed by atoms with Gasteiger partial charge in [0.05, 0.1) is 12.2 Å². The van der Waals surface area contributed by atoms with Crippen LogP contribution >= 0.6 is 0 Å². The molecule has 3 aromatic rings. The van der Waals surface area contributed by atoms with Crippen molar-refractivity contribution in [3.8, 4) is 11.5 Å². The van der Waals surface area contributed by atoms with Crippen LogP contribution in [0.25, 0.3) is 0 Å². The van der Waals surface area contributed by atoms with Gasteiger partial charge in [0, 0.05) is 11.6 Å². The van der Waals surface area contributed by atoms with Crippen molar-refractivity contribution in [1.29, 1.82) is 0 Å². The molecule has 0 amide bonds. The normalized spacial score (nSPS) is 8.62. The monoisotopic (exact) mass is 466 g/mol. The summed E-state index contributed by atoms with van der Waals surface area (Å²) in [5, 5.41) is 9.92. The van der Waals surface area contributed by atoms with Crippen LogP contribution in [0.3, 0.4) is 0 Å². The van der Waals surface area contributed by atoms with E-state index in [-0.39, 0.29) is 17.1 Å². The second-order valence-electron chi connectivity index (χ2n) is 7.08. The summed E-state index contributed by atoms with van der Waals surface area (Å²) in [5.41, 5.74) is 3.50. The molecule has 3 aromatic carbocycles. The Kier molecular flexibility index (Phi) is 20.2. The van der Waals surface area contributed by atoms with Gasteiger partial charge in [-0.25, -0.2) is 0 Å². The van der Waals surface area contributed by atoms with E-state index in [9.17, 15) is 9.90 Å². The molecule has 34 heavy (non-hydrogen) atoms. The molecule has 0 bridgehead atoms. The maximum atomic E-state index is 12.2. The zero-order valence-electron chi connectivity index (χ0n) is 21.0. The predicted molar refractivity (Wildman–Crippen MR) is 140 cm³/mol. The van der Waals surface area contributed by atoms with Crippen LogP contribution < -0.4 is 4.74 Å². The molecule has 5 heteroatoms. The lowest BCUT2D eigenvalue weighted by atomic mass is 10.0. The molecule has 0 unspecified atom stereocenters. The number of ketones is 1. The van der Waals surface area contributed by atoms with Crippen LogP contribution in [-0.2, 0) is 9.59 Å². The standard InChI is InChI=1S/C16H16O3.C8H10.C3H8.2CH2O/c1-2-10-19-13-8-9-14(15(17)11-13)16(18)12-6-4-3-5-7-12;1-7-3-5-8(2)6-4-7;1-3-2;2*1-2/h3-9,11,17H,2,10H2,1H3;3-6H,1-2H3;3H2,1-2H3;2*1H2. The van der Waals surface area contributed by atoms with Crippen molar-refractivity contribution in [3.63, 3.8) is 0 Å². The highest BCUT2D eigenvalue weighted by molar-refractivity contribution is 6.10. The summed E-state index contributed by atoms with van der Waals surface area (Å²) in [6, 6.07) is 22.1. The van der Waals surface area contributed by atoms with Gasteiger partial charge in [0.2, 0.25) is 0 Å². The first-order chi connectivity index (χ1) is 16.4. The van der Waals surface area contributed by atoms with E-state index in [0.717, 1.165) is 6.42 Å². The van der Waals surface area contributed by atoms with Gasteiger partial charge >= 0.3 is 0 Å². The molecule has 0 saturated heterocycles. The van der Waals surface area contributed by atoms with E-state index in [1.165, 1.54) is 23.6 Å². The first-order valence-corrected chi connectivity index (χ1v) is 11.1. The van der Waals surface area contributed by atoms with Crippen LogP contribution in [0.2, 0.25) is 0 Å². The molecule has 0 radical (unpaired) electrons. The number of aromatic hydroxyl groups is 1. The Balaban J connectivity index is 0. The highest BCUT2D eigenvalue weighted by atomic mass is 16.5. The summed E-state index contributed by atoms with van der Waals surface area (Å²) in [7, 11) is 0. The predicted octanol–water partition coefficient (Wildman–Crippen LogP) is 6.76. The van der Waals surface area contributed by atoms with Crippen molar-refractivity contribution in [3.05, 3.63) is 95.1 Å². The van der Waals surface area contributed by atoms with Gasteiger partial charge in [-0.1, -0.05) is 92.9 Å². The summed E-state index contributed by atoms with van der Waals surface area (Å²) in [5.74, 6) is 0.326. The van der Waals surface area contributed by atoms with Crippen molar-refractivity contribution in [2.24, 2.45) is 0 Å². The van der Waals surface area contributed by atoms with E-state index >= 15 is 0 Å². The molecule has 0 aliphatic rings. The summed E-state index contributed by atoms with van der Waals surface area (Å²) >= 11 is 0. The lowest BCUT2D eigenvalue weighted by Gasteiger charge is -2.08. The molecule has 0 heterocycles. The van der Waals surface area contributed by atoms with Crippen molar-refractivity contribution in [2.45, 2.75) is 47.5 Å². The summed E-state index contributed by atoms with van der Waals surface area (Å²) in [4.78, 5) is 28.2. The molecule has 0 spiro atoms. The second kappa shape index (κ2) is 21.1. The highest BCUT2D eigenvalue weighted by Crippen LogP contribution is 2.25. The van der Waals surface area contributed by atoms with Crippen LogP contribution in [0, 0.1) is 13.8 Å². The Morgan fingerprint density at radius 2 is 1.26 bits per heavy atom. The number of benzene rings is 3. The van der Waals surface area contributed by atoms with Gasteiger partial charge in [-0.2, -0.15) is 0 Å². The smallest absolute Gasteiger partial charge is 0.196 e. The molecule has 0 aliphatic heterocycles. The van der Waals surface area contributed by atoms with Crippen LogP contribution in [0.15, 0.2) is 72.8 Å². The Hall–Kier alpha value is -3.73. The van der Waals surface area contributed by atoms with Crippen molar-refractivity contribution < 1.29 is 24.2 Å². The molecule has 1 N–H and O–H groups in total. The van der Waals surface area contributed by atoms with Crippen LogP contribution in [0.4, 0.5) is 0 Å². The van der Waals surface area contributed by atoms with Gasteiger partial charge in [0.25, 0.3) is 0 Å². The van der Waals surface area contributed by atoms with Gasteiger partial charge in [-0.05, 0) is 32.4 Å². The third-order valence-electron chi connectivity index (χ3n) is 3.94. The minimum atomic E-state index is -0.194. The molecule has 0 aliphatic carbocycles. The molecule has 5 nitrogen and oxygen atoms in total. The number of phenolic OH excluding ortho intramolecular Hbond substituents is 1. The van der Waals surface area contributed by atoms with E-state index in [1.807, 2.05) is 26.6 Å². The molecular weight excluding hydrogens is 428 g/mol. The Labute approximate surface area is 204 Å². The third kappa shape index (κ3) is 13.6. The van der Waals surface area contributed by atoms with E-state index in [1.54, 1.807) is 36.4 Å².